The first-order valence-corrected chi connectivity index (χ1v) is 8.59. The average molecular weight is 391 g/mol. The van der Waals surface area contributed by atoms with Crippen molar-refractivity contribution in [1.29, 1.82) is 0 Å². The first-order chi connectivity index (χ1) is 10.9. The van der Waals surface area contributed by atoms with Crippen LogP contribution in [0.15, 0.2) is 40.9 Å². The number of hydrogen-bond donors (Lipinski definition) is 2. The molecule has 0 spiro atoms. The van der Waals surface area contributed by atoms with Crippen LogP contribution in [0.1, 0.15) is 34.0 Å². The lowest BCUT2D eigenvalue weighted by atomic mass is 10.1. The Bertz CT molecular complexity index is 718. The lowest BCUT2D eigenvalue weighted by molar-refractivity contribution is 0.0977. The van der Waals surface area contributed by atoms with Gasteiger partial charge in [-0.3, -0.25) is 10.1 Å². The molecule has 3 nitrogen and oxygen atoms in total. The maximum atomic E-state index is 12.2. The van der Waals surface area contributed by atoms with Crippen molar-refractivity contribution in [1.82, 2.24) is 5.32 Å². The van der Waals surface area contributed by atoms with Crippen molar-refractivity contribution in [2.24, 2.45) is 0 Å². The fraction of sp³-hybridized carbons (Fsp3) is 0.222. The number of carbonyl (C=O) groups is 1. The van der Waals surface area contributed by atoms with E-state index in [1.165, 1.54) is 5.56 Å². The molecule has 2 N–H and O–H groups in total. The van der Waals surface area contributed by atoms with Crippen LogP contribution < -0.4 is 10.6 Å². The van der Waals surface area contributed by atoms with Gasteiger partial charge in [-0.25, -0.2) is 0 Å². The molecule has 23 heavy (non-hydrogen) atoms. The summed E-state index contributed by atoms with van der Waals surface area (Å²) in [6.07, 6.45) is 0.948. The second-order valence-electron chi connectivity index (χ2n) is 5.37. The molecule has 0 bridgehead atoms. The molecule has 2 aromatic carbocycles. The Balaban J connectivity index is 2.05. The summed E-state index contributed by atoms with van der Waals surface area (Å²) in [6, 6.07) is 11.5. The normalized spacial score (nSPS) is 10.3. The van der Waals surface area contributed by atoms with Gasteiger partial charge in [-0.05, 0) is 73.4 Å². The number of aryl methyl sites for hydroxylation is 3. The number of nitrogens with one attached hydrogen (secondary N) is 2. The number of amides is 1. The van der Waals surface area contributed by atoms with Crippen LogP contribution in [0.25, 0.3) is 0 Å². The molecule has 5 heteroatoms. The molecule has 0 aliphatic rings. The molecule has 0 atom stereocenters. The molecule has 0 aliphatic heterocycles. The van der Waals surface area contributed by atoms with E-state index in [4.69, 9.17) is 12.2 Å². The van der Waals surface area contributed by atoms with Gasteiger partial charge in [0.05, 0.1) is 0 Å². The maximum Gasteiger partial charge on any atom is 0.257 e. The minimum Gasteiger partial charge on any atom is -0.332 e. The molecule has 0 radical (unpaired) electrons. The Hall–Kier alpha value is -1.72. The summed E-state index contributed by atoms with van der Waals surface area (Å²) in [5, 5.41) is 6.12. The highest BCUT2D eigenvalue weighted by Gasteiger charge is 2.10. The van der Waals surface area contributed by atoms with Crippen LogP contribution in [0, 0.1) is 13.8 Å². The molecule has 0 fully saturated rings. The molecule has 0 unspecified atom stereocenters. The van der Waals surface area contributed by atoms with Crippen LogP contribution in [-0.4, -0.2) is 11.0 Å². The summed E-state index contributed by atoms with van der Waals surface area (Å²) in [6.45, 7) is 6.07. The third-order valence-corrected chi connectivity index (χ3v) is 4.25. The zero-order valence-electron chi connectivity index (χ0n) is 13.4. The van der Waals surface area contributed by atoms with E-state index >= 15 is 0 Å². The smallest absolute Gasteiger partial charge is 0.257 e. The molecule has 0 heterocycles. The van der Waals surface area contributed by atoms with E-state index in [1.54, 1.807) is 0 Å². The minimum atomic E-state index is -0.211. The number of halogens is 1. The van der Waals surface area contributed by atoms with Crippen LogP contribution in [0.3, 0.4) is 0 Å². The van der Waals surface area contributed by atoms with E-state index in [1.807, 2.05) is 50.2 Å². The van der Waals surface area contributed by atoms with Gasteiger partial charge >= 0.3 is 0 Å². The van der Waals surface area contributed by atoms with E-state index in [9.17, 15) is 4.79 Å². The Labute approximate surface area is 150 Å². The third kappa shape index (κ3) is 4.62. The van der Waals surface area contributed by atoms with Gasteiger partial charge in [0.1, 0.15) is 0 Å². The first-order valence-electron chi connectivity index (χ1n) is 7.38. The van der Waals surface area contributed by atoms with E-state index in [0.29, 0.717) is 10.7 Å². The number of carbonyl (C=O) groups excluding carboxylic acids is 1. The standard InChI is InChI=1S/C18H19BrN2OS/c1-4-13-5-7-14(8-6-13)17(22)21-18(23)20-16-11(2)9-15(19)10-12(16)3/h5-10H,4H2,1-3H3,(H2,20,21,22,23). The minimum absolute atomic E-state index is 0.211. The predicted molar refractivity (Wildman–Crippen MR) is 103 cm³/mol. The van der Waals surface area contributed by atoms with Crippen molar-refractivity contribution in [3.63, 3.8) is 0 Å². The topological polar surface area (TPSA) is 41.1 Å². The highest BCUT2D eigenvalue weighted by atomic mass is 79.9. The van der Waals surface area contributed by atoms with Crippen LogP contribution in [0.5, 0.6) is 0 Å². The molecular formula is C18H19BrN2OS. The zero-order valence-corrected chi connectivity index (χ0v) is 15.8. The Morgan fingerprint density at radius 1 is 1.13 bits per heavy atom. The second-order valence-corrected chi connectivity index (χ2v) is 6.70. The summed E-state index contributed by atoms with van der Waals surface area (Å²) in [5.41, 5.74) is 4.82. The number of anilines is 1. The molecule has 120 valence electrons. The Morgan fingerprint density at radius 2 is 1.70 bits per heavy atom. The molecule has 0 aromatic heterocycles. The van der Waals surface area contributed by atoms with Crippen LogP contribution in [0.2, 0.25) is 0 Å². The average Bonchev–Trinajstić information content (AvgIpc) is 2.51. The van der Waals surface area contributed by atoms with E-state index < -0.39 is 0 Å². The molecular weight excluding hydrogens is 372 g/mol. The van der Waals surface area contributed by atoms with Crippen molar-refractivity contribution in [3.05, 3.63) is 63.1 Å². The van der Waals surface area contributed by atoms with Crippen LogP contribution in [-0.2, 0) is 6.42 Å². The van der Waals surface area contributed by atoms with Crippen molar-refractivity contribution >= 4 is 44.9 Å². The molecule has 0 saturated heterocycles. The highest BCUT2D eigenvalue weighted by Crippen LogP contribution is 2.25. The van der Waals surface area contributed by atoms with Gasteiger partial charge in [-0.1, -0.05) is 35.0 Å². The van der Waals surface area contributed by atoms with Gasteiger partial charge in [0.2, 0.25) is 0 Å². The second kappa shape index (κ2) is 7.70. The number of thiocarbonyl (C=S) groups is 1. The van der Waals surface area contributed by atoms with Gasteiger partial charge < -0.3 is 5.32 Å². The fourth-order valence-corrected chi connectivity index (χ4v) is 3.20. The SMILES string of the molecule is CCc1ccc(C(=O)NC(=S)Nc2c(C)cc(Br)cc2C)cc1. The quantitative estimate of drug-likeness (QED) is 0.742. The third-order valence-electron chi connectivity index (χ3n) is 3.59. The van der Waals surface area contributed by atoms with E-state index in [-0.39, 0.29) is 5.91 Å². The summed E-state index contributed by atoms with van der Waals surface area (Å²) in [5.74, 6) is -0.211. The number of hydrogen-bond acceptors (Lipinski definition) is 2. The van der Waals surface area contributed by atoms with Crippen molar-refractivity contribution in [2.75, 3.05) is 5.32 Å². The van der Waals surface area contributed by atoms with Gasteiger partial charge in [-0.15, -0.1) is 0 Å². The van der Waals surface area contributed by atoms with E-state index in [2.05, 4.69) is 33.5 Å². The Kier molecular flexibility index (Phi) is 5.91. The first kappa shape index (κ1) is 17.6. The largest absolute Gasteiger partial charge is 0.332 e. The molecule has 0 saturated carbocycles. The summed E-state index contributed by atoms with van der Waals surface area (Å²) >= 11 is 8.72. The maximum absolute atomic E-state index is 12.2. The molecule has 0 aliphatic carbocycles. The van der Waals surface area contributed by atoms with Gasteiger partial charge in [0.25, 0.3) is 5.91 Å². The lowest BCUT2D eigenvalue weighted by Gasteiger charge is -2.15. The van der Waals surface area contributed by atoms with Crippen molar-refractivity contribution in [2.45, 2.75) is 27.2 Å². The molecule has 1 amide bonds. The Morgan fingerprint density at radius 3 is 2.22 bits per heavy atom. The van der Waals surface area contributed by atoms with Gasteiger partial charge in [0, 0.05) is 15.7 Å². The van der Waals surface area contributed by atoms with Crippen LogP contribution in [0.4, 0.5) is 5.69 Å². The fourth-order valence-electron chi connectivity index (χ4n) is 2.32. The highest BCUT2D eigenvalue weighted by molar-refractivity contribution is 9.10. The lowest BCUT2D eigenvalue weighted by Crippen LogP contribution is -2.34. The van der Waals surface area contributed by atoms with Crippen molar-refractivity contribution < 1.29 is 4.79 Å². The molecule has 2 rings (SSSR count). The number of benzene rings is 2. The monoisotopic (exact) mass is 390 g/mol. The summed E-state index contributed by atoms with van der Waals surface area (Å²) in [7, 11) is 0. The number of rotatable bonds is 3. The van der Waals surface area contributed by atoms with E-state index in [0.717, 1.165) is 27.7 Å². The molecule has 2 aromatic rings. The van der Waals surface area contributed by atoms with Gasteiger partial charge in [0.15, 0.2) is 5.11 Å². The van der Waals surface area contributed by atoms with Crippen LogP contribution >= 0.6 is 28.1 Å². The predicted octanol–water partition coefficient (Wildman–Crippen LogP) is 4.76. The summed E-state index contributed by atoms with van der Waals surface area (Å²) in [4.78, 5) is 12.2. The zero-order chi connectivity index (χ0) is 17.0. The van der Waals surface area contributed by atoms with Crippen molar-refractivity contribution in [3.8, 4) is 0 Å². The summed E-state index contributed by atoms with van der Waals surface area (Å²) < 4.78 is 1.02. The van der Waals surface area contributed by atoms with Gasteiger partial charge in [-0.2, -0.15) is 0 Å².